The first kappa shape index (κ1) is 45.2. The molecule has 1 aromatic heterocycles. The van der Waals surface area contributed by atoms with Crippen molar-refractivity contribution in [3.63, 3.8) is 0 Å². The van der Waals surface area contributed by atoms with Crippen LogP contribution in [0.15, 0.2) is 133 Å². The number of rotatable bonds is 6. The number of para-hydroxylation sites is 3. The van der Waals surface area contributed by atoms with Crippen LogP contribution in [0.2, 0.25) is 0 Å². The normalized spacial score (nSPS) is 19.3. The number of nitrogens with zero attached hydrogens (tertiary/aromatic N) is 2. The molecule has 2 heterocycles. The lowest BCUT2D eigenvalue weighted by Crippen LogP contribution is -2.41. The number of aromatic nitrogens is 1. The molecule has 0 saturated heterocycles. The lowest BCUT2D eigenvalue weighted by molar-refractivity contribution is 0.332. The standard InChI is InChI=1S/C66H71BN3/c1-61(2)29-30-62(3,4)48-35-41(27-28-47(48)61)68-54-39-51-49(63(5,6)31-33-65(51,9)10)36-45(54)46-37-57(69(42-21-15-13-16-22-42)43-23-17-14-18-24-43)58-44-25-19-20-26-55(44)70-56-40-52-50(38-53(56)67-59(46)60(58)70)64(7,8)32-34-66(52,11)12/h13-28,35-40,68H,29-34H2,1-12H3. The van der Waals surface area contributed by atoms with E-state index in [9.17, 15) is 0 Å². The summed E-state index contributed by atoms with van der Waals surface area (Å²) in [4.78, 5) is 2.51. The van der Waals surface area contributed by atoms with Gasteiger partial charge in [0.2, 0.25) is 0 Å². The minimum Gasteiger partial charge on any atom is -0.355 e. The molecule has 0 fully saturated rings. The molecule has 8 aromatic rings. The molecule has 0 unspecified atom stereocenters. The largest absolute Gasteiger partial charge is 0.355 e. The second-order valence-corrected chi connectivity index (χ2v) is 25.7. The molecular weight excluding hydrogens is 846 g/mol. The molecule has 3 aliphatic carbocycles. The van der Waals surface area contributed by atoms with E-state index >= 15 is 0 Å². The van der Waals surface area contributed by atoms with Crippen molar-refractivity contribution in [3.05, 3.63) is 167 Å². The van der Waals surface area contributed by atoms with Gasteiger partial charge in [-0.25, -0.2) is 0 Å². The fourth-order valence-electron chi connectivity index (χ4n) is 13.4. The number of hydrogen-bond donors (Lipinski definition) is 1. The van der Waals surface area contributed by atoms with E-state index < -0.39 is 0 Å². The number of fused-ring (bicyclic) bond motifs is 8. The average molecular weight is 917 g/mol. The Morgan fingerprint density at radius 3 is 1.53 bits per heavy atom. The third kappa shape index (κ3) is 6.89. The van der Waals surface area contributed by atoms with Crippen LogP contribution in [-0.2, 0) is 32.5 Å². The van der Waals surface area contributed by atoms with Gasteiger partial charge in [-0.2, -0.15) is 0 Å². The van der Waals surface area contributed by atoms with Crippen LogP contribution in [0, 0.1) is 0 Å². The van der Waals surface area contributed by atoms with Crippen molar-refractivity contribution in [2.45, 2.75) is 154 Å². The third-order valence-corrected chi connectivity index (χ3v) is 18.2. The van der Waals surface area contributed by atoms with Crippen molar-refractivity contribution in [1.82, 2.24) is 4.57 Å². The molecule has 353 valence electrons. The topological polar surface area (TPSA) is 20.2 Å². The average Bonchev–Trinajstić information content (AvgIpc) is 3.68. The zero-order chi connectivity index (χ0) is 48.9. The van der Waals surface area contributed by atoms with Gasteiger partial charge in [-0.1, -0.05) is 155 Å². The summed E-state index contributed by atoms with van der Waals surface area (Å²) in [5, 5.41) is 6.76. The van der Waals surface area contributed by atoms with Gasteiger partial charge in [-0.15, -0.1) is 0 Å². The highest BCUT2D eigenvalue weighted by Crippen LogP contribution is 2.54. The minimum absolute atomic E-state index is 0.00644. The highest BCUT2D eigenvalue weighted by atomic mass is 15.1. The predicted molar refractivity (Wildman–Crippen MR) is 302 cm³/mol. The number of nitrogens with one attached hydrogen (secondary N) is 1. The molecule has 4 heteroatoms. The van der Waals surface area contributed by atoms with E-state index in [0.717, 1.165) is 29.9 Å². The summed E-state index contributed by atoms with van der Waals surface area (Å²) in [5.74, 6) is 0. The van der Waals surface area contributed by atoms with Crippen molar-refractivity contribution < 1.29 is 0 Å². The monoisotopic (exact) mass is 917 g/mol. The maximum absolute atomic E-state index is 4.22. The van der Waals surface area contributed by atoms with Crippen LogP contribution >= 0.6 is 0 Å². The Labute approximate surface area is 419 Å². The Hall–Kier alpha value is -6.00. The van der Waals surface area contributed by atoms with Gasteiger partial charge in [0.25, 0.3) is 0 Å². The lowest BCUT2D eigenvalue weighted by atomic mass is 9.55. The molecule has 0 amide bonds. The number of hydrogen-bond acceptors (Lipinski definition) is 2. The van der Waals surface area contributed by atoms with E-state index in [1.165, 1.54) is 120 Å². The molecule has 7 aromatic carbocycles. The first-order valence-corrected chi connectivity index (χ1v) is 26.3. The molecule has 0 bridgehead atoms. The van der Waals surface area contributed by atoms with Crippen LogP contribution in [0.3, 0.4) is 0 Å². The van der Waals surface area contributed by atoms with Gasteiger partial charge >= 0.3 is 0 Å². The van der Waals surface area contributed by atoms with Gasteiger partial charge in [0.15, 0.2) is 7.28 Å². The molecule has 0 atom stereocenters. The Kier molecular flexibility index (Phi) is 9.84. The Bertz CT molecular complexity index is 3400. The molecule has 1 radical (unpaired) electrons. The summed E-state index contributed by atoms with van der Waals surface area (Å²) >= 11 is 0. The summed E-state index contributed by atoms with van der Waals surface area (Å²) in [6, 6.07) is 51.4. The second-order valence-electron chi connectivity index (χ2n) is 25.7. The van der Waals surface area contributed by atoms with Gasteiger partial charge < -0.3 is 14.8 Å². The molecule has 1 aliphatic heterocycles. The van der Waals surface area contributed by atoms with Gasteiger partial charge in [0, 0.05) is 44.8 Å². The third-order valence-electron chi connectivity index (χ3n) is 18.2. The van der Waals surface area contributed by atoms with Crippen molar-refractivity contribution in [3.8, 4) is 16.8 Å². The summed E-state index contributed by atoms with van der Waals surface area (Å²) < 4.78 is 2.65. The first-order valence-electron chi connectivity index (χ1n) is 26.3. The summed E-state index contributed by atoms with van der Waals surface area (Å²) in [6.07, 6.45) is 7.03. The van der Waals surface area contributed by atoms with Crippen molar-refractivity contribution in [2.75, 3.05) is 10.2 Å². The summed E-state index contributed by atoms with van der Waals surface area (Å²) in [7, 11) is 2.57. The van der Waals surface area contributed by atoms with Crippen LogP contribution < -0.4 is 21.1 Å². The van der Waals surface area contributed by atoms with E-state index in [-0.39, 0.29) is 32.5 Å². The quantitative estimate of drug-likeness (QED) is 0.168. The molecule has 0 saturated carbocycles. The summed E-state index contributed by atoms with van der Waals surface area (Å²) in [5.41, 5.74) is 23.9. The van der Waals surface area contributed by atoms with E-state index in [1.54, 1.807) is 0 Å². The highest BCUT2D eigenvalue weighted by molar-refractivity contribution is 6.73. The smallest absolute Gasteiger partial charge is 0.197 e. The molecular formula is C66H71BN3. The van der Waals surface area contributed by atoms with Gasteiger partial charge in [0.1, 0.15) is 0 Å². The minimum atomic E-state index is 0.00644. The lowest BCUT2D eigenvalue weighted by Gasteiger charge is -2.43. The molecule has 12 rings (SSSR count). The molecule has 70 heavy (non-hydrogen) atoms. The SMILES string of the molecule is CC1(C)CCC(C)(C)c2cc(Nc3cc4c(cc3-c3cc(N(c5ccccc5)c5ccccc5)c5c6ccccc6n6c5c3[B]c3cc5c(cc3-6)C(C)(C)CCC5(C)C)C(C)(C)CCC4(C)C)ccc21. The van der Waals surface area contributed by atoms with Gasteiger partial charge in [0.05, 0.1) is 16.7 Å². The molecule has 0 spiro atoms. The zero-order valence-corrected chi connectivity index (χ0v) is 43.9. The van der Waals surface area contributed by atoms with Crippen LogP contribution in [0.25, 0.3) is 38.6 Å². The fourth-order valence-corrected chi connectivity index (χ4v) is 13.4. The predicted octanol–water partition coefficient (Wildman–Crippen LogP) is 16.7. The highest BCUT2D eigenvalue weighted by Gasteiger charge is 2.42. The van der Waals surface area contributed by atoms with Gasteiger partial charge in [-0.05, 0) is 182 Å². The van der Waals surface area contributed by atoms with E-state index in [2.05, 4.69) is 239 Å². The molecule has 3 nitrogen and oxygen atoms in total. The maximum atomic E-state index is 4.22. The molecule has 4 aliphatic rings. The van der Waals surface area contributed by atoms with Crippen molar-refractivity contribution in [1.29, 1.82) is 0 Å². The van der Waals surface area contributed by atoms with E-state index in [4.69, 9.17) is 0 Å². The van der Waals surface area contributed by atoms with Crippen molar-refractivity contribution in [2.24, 2.45) is 0 Å². The van der Waals surface area contributed by atoms with Crippen LogP contribution in [-0.4, -0.2) is 11.8 Å². The Balaban J connectivity index is 1.22. The van der Waals surface area contributed by atoms with E-state index in [1.807, 2.05) is 0 Å². The number of anilines is 5. The van der Waals surface area contributed by atoms with Crippen LogP contribution in [0.1, 0.15) is 155 Å². The summed E-state index contributed by atoms with van der Waals surface area (Å²) in [6.45, 7) is 29.5. The maximum Gasteiger partial charge on any atom is 0.197 e. The number of benzene rings is 7. The molecule has 1 N–H and O–H groups in total. The second kappa shape index (κ2) is 15.3. The van der Waals surface area contributed by atoms with Crippen molar-refractivity contribution >= 4 is 68.4 Å². The van der Waals surface area contributed by atoms with E-state index in [0.29, 0.717) is 0 Å². The van der Waals surface area contributed by atoms with Crippen LogP contribution in [0.4, 0.5) is 28.4 Å². The fraction of sp³-hybridized carbons (Fsp3) is 0.364. The van der Waals surface area contributed by atoms with Gasteiger partial charge in [-0.3, -0.25) is 0 Å². The van der Waals surface area contributed by atoms with Crippen LogP contribution in [0.5, 0.6) is 0 Å². The first-order chi connectivity index (χ1) is 33.2. The zero-order valence-electron chi connectivity index (χ0n) is 43.9. The Morgan fingerprint density at radius 2 is 0.943 bits per heavy atom. The Morgan fingerprint density at radius 1 is 0.457 bits per heavy atom.